The molecule has 0 N–H and O–H groups in total. The van der Waals surface area contributed by atoms with Crippen LogP contribution >= 0.6 is 11.6 Å². The molecule has 0 fully saturated rings. The van der Waals surface area contributed by atoms with Crippen LogP contribution in [0.4, 0.5) is 26.3 Å². The van der Waals surface area contributed by atoms with E-state index in [1.807, 2.05) is 32.0 Å². The number of aromatic nitrogens is 1. The molecule has 1 amide bonds. The summed E-state index contributed by atoms with van der Waals surface area (Å²) in [5, 5.41) is 0.600. The molecule has 1 aromatic heterocycles. The van der Waals surface area contributed by atoms with Crippen molar-refractivity contribution in [1.82, 2.24) is 9.88 Å². The Morgan fingerprint density at radius 1 is 0.946 bits per heavy atom. The van der Waals surface area contributed by atoms with Crippen molar-refractivity contribution < 1.29 is 35.9 Å². The maximum atomic E-state index is 13.1. The van der Waals surface area contributed by atoms with E-state index in [-0.39, 0.29) is 31.2 Å². The summed E-state index contributed by atoms with van der Waals surface area (Å²) in [5.41, 5.74) is 0.184. The average molecular weight is 545 g/mol. The Hall–Kier alpha value is -3.27. The maximum Gasteiger partial charge on any atom is 0.416 e. The monoisotopic (exact) mass is 544 g/mol. The molecule has 1 heterocycles. The molecular weight excluding hydrogens is 522 g/mol. The van der Waals surface area contributed by atoms with Crippen molar-refractivity contribution in [3.05, 3.63) is 81.5 Å². The highest BCUT2D eigenvalue weighted by molar-refractivity contribution is 6.30. The van der Waals surface area contributed by atoms with Crippen molar-refractivity contribution in [2.75, 3.05) is 13.2 Å². The summed E-state index contributed by atoms with van der Waals surface area (Å²) in [6, 6.07) is 10.5. The molecular formula is C26H23ClF6N2O2. The largest absolute Gasteiger partial charge is 0.477 e. The first-order chi connectivity index (χ1) is 17.3. The lowest BCUT2D eigenvalue weighted by atomic mass is 10.0. The summed E-state index contributed by atoms with van der Waals surface area (Å²) < 4.78 is 84.4. The second-order valence-electron chi connectivity index (χ2n) is 8.44. The van der Waals surface area contributed by atoms with E-state index >= 15 is 0 Å². The molecule has 0 radical (unpaired) electrons. The van der Waals surface area contributed by atoms with E-state index in [0.717, 1.165) is 21.6 Å². The van der Waals surface area contributed by atoms with E-state index in [4.69, 9.17) is 16.3 Å². The molecule has 0 unspecified atom stereocenters. The van der Waals surface area contributed by atoms with Gasteiger partial charge in [-0.15, -0.1) is 0 Å². The van der Waals surface area contributed by atoms with Gasteiger partial charge in [-0.3, -0.25) is 4.79 Å². The van der Waals surface area contributed by atoms with E-state index in [2.05, 4.69) is 4.98 Å². The predicted octanol–water partition coefficient (Wildman–Crippen LogP) is 7.48. The van der Waals surface area contributed by atoms with Gasteiger partial charge in [-0.05, 0) is 73.4 Å². The van der Waals surface area contributed by atoms with Gasteiger partial charge in [0.05, 0.1) is 17.7 Å². The normalized spacial score (nSPS) is 11.9. The molecule has 3 rings (SSSR count). The number of ether oxygens (including phenoxy) is 1. The Bertz CT molecular complexity index is 1210. The Balaban J connectivity index is 1.67. The number of amides is 1. The molecule has 0 saturated heterocycles. The number of benzene rings is 2. The van der Waals surface area contributed by atoms with E-state index in [0.29, 0.717) is 35.1 Å². The highest BCUT2D eigenvalue weighted by Gasteiger charge is 2.37. The number of nitrogens with zero attached hydrogens (tertiary/aromatic N) is 2. The van der Waals surface area contributed by atoms with Crippen LogP contribution in [-0.2, 0) is 23.7 Å². The van der Waals surface area contributed by atoms with Gasteiger partial charge in [-0.1, -0.05) is 23.7 Å². The van der Waals surface area contributed by atoms with Gasteiger partial charge in [0, 0.05) is 29.4 Å². The molecule has 198 valence electrons. The maximum absolute atomic E-state index is 13.1. The summed E-state index contributed by atoms with van der Waals surface area (Å²) >= 11 is 5.96. The molecule has 2 aromatic carbocycles. The molecule has 4 nitrogen and oxygen atoms in total. The van der Waals surface area contributed by atoms with Crippen LogP contribution < -0.4 is 4.74 Å². The molecule has 0 aliphatic heterocycles. The molecule has 11 heteroatoms. The molecule has 0 bridgehead atoms. The minimum atomic E-state index is -4.96. The van der Waals surface area contributed by atoms with Gasteiger partial charge < -0.3 is 9.64 Å². The van der Waals surface area contributed by atoms with Gasteiger partial charge in [0.2, 0.25) is 12.3 Å². The first-order valence-electron chi connectivity index (χ1n) is 11.1. The number of rotatable bonds is 9. The number of carbonyl (C=O) groups is 1. The molecule has 37 heavy (non-hydrogen) atoms. The number of alkyl halides is 6. The van der Waals surface area contributed by atoms with E-state index in [1.165, 1.54) is 0 Å². The average Bonchev–Trinajstić information content (AvgIpc) is 2.82. The van der Waals surface area contributed by atoms with E-state index in [1.54, 1.807) is 12.1 Å². The molecule has 3 aromatic rings. The second-order valence-corrected chi connectivity index (χ2v) is 8.88. The summed E-state index contributed by atoms with van der Waals surface area (Å²) in [7, 11) is 0. The van der Waals surface area contributed by atoms with Gasteiger partial charge in [0.25, 0.3) is 0 Å². The van der Waals surface area contributed by atoms with Gasteiger partial charge >= 0.3 is 12.4 Å². The van der Waals surface area contributed by atoms with Crippen LogP contribution in [0.3, 0.4) is 0 Å². The predicted molar refractivity (Wildman–Crippen MR) is 127 cm³/mol. The van der Waals surface area contributed by atoms with Gasteiger partial charge in [-0.2, -0.15) is 26.3 Å². The summed E-state index contributed by atoms with van der Waals surface area (Å²) in [4.78, 5) is 17.0. The molecule has 0 aliphatic rings. The summed E-state index contributed by atoms with van der Waals surface area (Å²) in [6.45, 7) is 3.41. The number of halogens is 7. The lowest BCUT2D eigenvalue weighted by Crippen LogP contribution is -2.24. The smallest absolute Gasteiger partial charge is 0.416 e. The summed E-state index contributed by atoms with van der Waals surface area (Å²) in [5.74, 6) is 0.385. The third kappa shape index (κ3) is 7.61. The third-order valence-corrected chi connectivity index (χ3v) is 5.77. The number of hydrogen-bond donors (Lipinski definition) is 0. The zero-order chi connectivity index (χ0) is 27.4. The highest BCUT2D eigenvalue weighted by Crippen LogP contribution is 2.36. The van der Waals surface area contributed by atoms with Crippen LogP contribution in [0.1, 0.15) is 34.4 Å². The minimum absolute atomic E-state index is 0.0516. The molecule has 0 saturated carbocycles. The van der Waals surface area contributed by atoms with Gasteiger partial charge in [0.15, 0.2) is 0 Å². The van der Waals surface area contributed by atoms with Crippen LogP contribution in [-0.4, -0.2) is 29.4 Å². The fraction of sp³-hybridized carbons (Fsp3) is 0.308. The quantitative estimate of drug-likeness (QED) is 0.159. The topological polar surface area (TPSA) is 42.4 Å². The lowest BCUT2D eigenvalue weighted by Gasteiger charge is -2.20. The van der Waals surface area contributed by atoms with E-state index < -0.39 is 30.0 Å². The molecule has 0 spiro atoms. The second kappa shape index (κ2) is 11.4. The van der Waals surface area contributed by atoms with Crippen molar-refractivity contribution in [2.45, 2.75) is 39.2 Å². The van der Waals surface area contributed by atoms with Crippen molar-refractivity contribution in [1.29, 1.82) is 0 Å². The van der Waals surface area contributed by atoms with Gasteiger partial charge in [-0.25, -0.2) is 4.98 Å². The van der Waals surface area contributed by atoms with E-state index in [9.17, 15) is 31.1 Å². The first-order valence-corrected chi connectivity index (χ1v) is 11.5. The van der Waals surface area contributed by atoms with Crippen LogP contribution in [0.15, 0.2) is 48.5 Å². The van der Waals surface area contributed by atoms with Crippen LogP contribution in [0, 0.1) is 13.8 Å². The lowest BCUT2D eigenvalue weighted by molar-refractivity contribution is -0.143. The number of carbonyl (C=O) groups excluding carboxylic acids is 1. The minimum Gasteiger partial charge on any atom is -0.477 e. The number of aryl methyl sites for hydroxylation is 1. The third-order valence-electron chi connectivity index (χ3n) is 5.52. The van der Waals surface area contributed by atoms with Crippen molar-refractivity contribution in [3.63, 3.8) is 0 Å². The Labute approximate surface area is 214 Å². The van der Waals surface area contributed by atoms with Crippen molar-refractivity contribution >= 4 is 18.0 Å². The first kappa shape index (κ1) is 28.3. The van der Waals surface area contributed by atoms with Crippen molar-refractivity contribution in [3.8, 4) is 17.0 Å². The fourth-order valence-corrected chi connectivity index (χ4v) is 3.86. The Kier molecular flexibility index (Phi) is 8.73. The SMILES string of the molecule is Cc1cc(-c2ccc(Cl)cc2)c(C)c(OCCCN(C=O)Cc2cc(C(F)(F)F)cc(C(F)(F)F)c2)n1. The summed E-state index contributed by atoms with van der Waals surface area (Å²) in [6.07, 6.45) is -9.27. The van der Waals surface area contributed by atoms with Crippen molar-refractivity contribution in [2.24, 2.45) is 0 Å². The number of pyridine rings is 1. The Morgan fingerprint density at radius 3 is 2.08 bits per heavy atom. The molecule has 0 aliphatic carbocycles. The van der Waals surface area contributed by atoms with Crippen LogP contribution in [0.2, 0.25) is 5.02 Å². The molecule has 0 atom stereocenters. The zero-order valence-corrected chi connectivity index (χ0v) is 20.6. The standard InChI is InChI=1S/C26H23ClF6N2O2/c1-16-10-23(19-4-6-22(27)7-5-19)17(2)24(34-16)37-9-3-8-35(15-36)14-18-11-20(25(28,29)30)13-21(12-18)26(31,32)33/h4-7,10-13,15H,3,8-9,14H2,1-2H3. The number of hydrogen-bond acceptors (Lipinski definition) is 3. The highest BCUT2D eigenvalue weighted by atomic mass is 35.5. The zero-order valence-electron chi connectivity index (χ0n) is 19.9. The van der Waals surface area contributed by atoms with Gasteiger partial charge in [0.1, 0.15) is 0 Å². The van der Waals surface area contributed by atoms with Crippen LogP contribution in [0.5, 0.6) is 5.88 Å². The van der Waals surface area contributed by atoms with Crippen LogP contribution in [0.25, 0.3) is 11.1 Å². The fourth-order valence-electron chi connectivity index (χ4n) is 3.73. The Morgan fingerprint density at radius 2 is 1.54 bits per heavy atom.